The van der Waals surface area contributed by atoms with Crippen LogP contribution in [0.5, 0.6) is 5.75 Å². The topological polar surface area (TPSA) is 67.4 Å². The summed E-state index contributed by atoms with van der Waals surface area (Å²) in [6.45, 7) is 3.13. The van der Waals surface area contributed by atoms with E-state index in [1.54, 1.807) is 31.2 Å². The third kappa shape index (κ3) is 3.31. The zero-order valence-corrected chi connectivity index (χ0v) is 27.1. The molecule has 10 rings (SSSR count). The number of pyridine rings is 2. The number of hydrogen-bond donors (Lipinski definition) is 1. The van der Waals surface area contributed by atoms with E-state index in [2.05, 4.69) is 19.9 Å². The summed E-state index contributed by atoms with van der Waals surface area (Å²) < 4.78 is 98.1. The Bertz CT molecular complexity index is 2550. The van der Waals surface area contributed by atoms with Crippen molar-refractivity contribution in [2.75, 3.05) is 0 Å². The number of thioether (sulfide) groups is 1. The minimum Gasteiger partial charge on any atom is -0.480 e. The van der Waals surface area contributed by atoms with Crippen LogP contribution in [0, 0.1) is 0 Å². The number of para-hydroxylation sites is 1. The Hall–Kier alpha value is -5.10. The predicted molar refractivity (Wildman–Crippen MR) is 177 cm³/mol. The largest absolute Gasteiger partial charge is 0.480 e. The number of benzene rings is 3. The molecule has 12 heteroatoms. The lowest BCUT2D eigenvalue weighted by atomic mass is 9.68. The fourth-order valence-electron chi connectivity index (χ4n) is 8.25. The highest BCUT2D eigenvalue weighted by Gasteiger charge is 2.85. The Morgan fingerprint density at radius 3 is 2.06 bits per heavy atom. The highest BCUT2D eigenvalue weighted by atomic mass is 32.2. The molecular formula is C38H25F6N4OS+3. The van der Waals surface area contributed by atoms with Gasteiger partial charge in [0.25, 0.3) is 16.9 Å². The highest BCUT2D eigenvalue weighted by molar-refractivity contribution is 8.10. The molecule has 0 saturated heterocycles. The van der Waals surface area contributed by atoms with Gasteiger partial charge in [0.2, 0.25) is 0 Å². The van der Waals surface area contributed by atoms with Crippen LogP contribution in [0.4, 0.5) is 26.3 Å². The Balaban J connectivity index is 1.12. The number of aromatic nitrogens is 4. The van der Waals surface area contributed by atoms with E-state index in [1.807, 2.05) is 48.8 Å². The minimum atomic E-state index is -5.64. The molecule has 2 unspecified atom stereocenters. The average molecular weight is 700 g/mol. The third-order valence-electron chi connectivity index (χ3n) is 10.9. The van der Waals surface area contributed by atoms with E-state index in [4.69, 9.17) is 4.74 Å². The smallest absolute Gasteiger partial charge is 0.380 e. The van der Waals surface area contributed by atoms with E-state index in [9.17, 15) is 0 Å². The molecule has 4 N–H and O–H groups in total. The number of hydrogen-bond acceptors (Lipinski definition) is 2. The molecule has 2 atom stereocenters. The van der Waals surface area contributed by atoms with Crippen molar-refractivity contribution in [3.05, 3.63) is 119 Å². The number of allylic oxidation sites excluding steroid dienone is 3. The molecule has 0 amide bonds. The molecule has 0 spiro atoms. The molecule has 5 heterocycles. The maximum Gasteiger partial charge on any atom is 0.380 e. The van der Waals surface area contributed by atoms with Gasteiger partial charge in [-0.25, -0.2) is 19.9 Å². The molecule has 3 aromatic carbocycles. The lowest BCUT2D eigenvalue weighted by Crippen LogP contribution is -2.53. The van der Waals surface area contributed by atoms with E-state index in [1.165, 1.54) is 25.1 Å². The van der Waals surface area contributed by atoms with E-state index in [0.717, 1.165) is 56.0 Å². The second kappa shape index (κ2) is 9.16. The molecule has 1 saturated carbocycles. The van der Waals surface area contributed by atoms with Crippen LogP contribution < -0.4 is 19.7 Å². The SMILES string of the molecule is CC12Oc3ccccc3C1=C1C(=C3C=C(c4ccc(-c5[nH]c6c7ccc[nH+]c7c7[nH+]cccc7c6[nH+]5)cc4)SC32C)C(F)(F)C(F)(F)C1(F)F. The van der Waals surface area contributed by atoms with Gasteiger partial charge in [-0.05, 0) is 61.4 Å². The summed E-state index contributed by atoms with van der Waals surface area (Å²) >= 11 is 1.15. The highest BCUT2D eigenvalue weighted by Crippen LogP contribution is 2.74. The van der Waals surface area contributed by atoms with Gasteiger partial charge < -0.3 is 4.74 Å². The first-order chi connectivity index (χ1) is 23.8. The molecule has 3 aromatic heterocycles. The van der Waals surface area contributed by atoms with Crippen LogP contribution in [0.15, 0.2) is 108 Å². The number of alkyl halides is 6. The normalized spacial score (nSPS) is 25.5. The summed E-state index contributed by atoms with van der Waals surface area (Å²) in [4.78, 5) is 14.1. The lowest BCUT2D eigenvalue weighted by Gasteiger charge is -2.46. The number of aromatic amines is 4. The quantitative estimate of drug-likeness (QED) is 0.146. The van der Waals surface area contributed by atoms with E-state index < -0.39 is 39.3 Å². The molecule has 4 aliphatic rings. The van der Waals surface area contributed by atoms with Gasteiger partial charge in [0.15, 0.2) is 29.0 Å². The first-order valence-electron chi connectivity index (χ1n) is 15.9. The Kier molecular flexibility index (Phi) is 5.46. The van der Waals surface area contributed by atoms with Gasteiger partial charge in [0.1, 0.15) is 16.5 Å². The lowest BCUT2D eigenvalue weighted by molar-refractivity contribution is -0.368. The molecule has 50 heavy (non-hydrogen) atoms. The maximum atomic E-state index is 15.8. The van der Waals surface area contributed by atoms with Crippen molar-refractivity contribution in [2.24, 2.45) is 0 Å². The van der Waals surface area contributed by atoms with Crippen molar-refractivity contribution in [1.29, 1.82) is 0 Å². The zero-order valence-electron chi connectivity index (χ0n) is 26.2. The number of fused-ring (bicyclic) bond motifs is 12. The van der Waals surface area contributed by atoms with Gasteiger partial charge in [-0.3, -0.25) is 0 Å². The molecule has 6 aromatic rings. The number of rotatable bonds is 2. The van der Waals surface area contributed by atoms with Crippen molar-refractivity contribution in [2.45, 2.75) is 42.0 Å². The van der Waals surface area contributed by atoms with Crippen molar-refractivity contribution in [3.8, 4) is 17.1 Å². The van der Waals surface area contributed by atoms with Crippen LogP contribution in [0.3, 0.4) is 0 Å². The summed E-state index contributed by atoms with van der Waals surface area (Å²) in [7, 11) is 0. The van der Waals surface area contributed by atoms with Gasteiger partial charge in [-0.1, -0.05) is 30.3 Å². The molecule has 2 aliphatic heterocycles. The molecule has 1 fully saturated rings. The van der Waals surface area contributed by atoms with Gasteiger partial charge in [-0.15, -0.1) is 11.8 Å². The number of ether oxygens (including phenoxy) is 1. The van der Waals surface area contributed by atoms with Crippen molar-refractivity contribution >= 4 is 55.1 Å². The minimum absolute atomic E-state index is 0.111. The van der Waals surface area contributed by atoms with E-state index >= 15 is 26.3 Å². The number of H-pyrrole nitrogens is 4. The number of nitrogens with one attached hydrogen (secondary N) is 4. The first-order valence-corrected chi connectivity index (χ1v) is 16.7. The van der Waals surface area contributed by atoms with Crippen LogP contribution >= 0.6 is 11.8 Å². The molecule has 248 valence electrons. The molecule has 5 nitrogen and oxygen atoms in total. The van der Waals surface area contributed by atoms with Gasteiger partial charge in [0.05, 0.1) is 10.3 Å². The molecule has 0 radical (unpaired) electrons. The number of halogens is 6. The fourth-order valence-corrected chi connectivity index (χ4v) is 9.73. The fraction of sp³-hybridized carbons (Fsp3) is 0.184. The summed E-state index contributed by atoms with van der Waals surface area (Å²) in [5.74, 6) is -15.0. The van der Waals surface area contributed by atoms with Gasteiger partial charge in [0, 0.05) is 39.3 Å². The summed E-state index contributed by atoms with van der Waals surface area (Å²) in [5.41, 5.74) is 0.285. The Labute approximate surface area is 283 Å². The summed E-state index contributed by atoms with van der Waals surface area (Å²) in [6.07, 6.45) is 5.09. The summed E-state index contributed by atoms with van der Waals surface area (Å²) in [5, 5.41) is 1.96. The standard InChI is InChI=1S/C38H22F6N4OS/c1-34-26(20-7-3-4-10-24(20)49-34)28-27(36(39,40)38(43,44)37(28,41)42)23-17-25(50-35(23,34)2)18-11-13-19(14-12-18)33-47-31-21-8-5-15-45-29(21)30-22(32(31)48-33)9-6-16-46-30/h3-17H,1-2H3,(H,47,48)/p+3. The number of imidazole rings is 1. The van der Waals surface area contributed by atoms with Crippen molar-refractivity contribution in [1.82, 2.24) is 4.98 Å². The predicted octanol–water partition coefficient (Wildman–Crippen LogP) is 8.26. The molecule has 0 bridgehead atoms. The second-order valence-electron chi connectivity index (χ2n) is 13.4. The first kappa shape index (κ1) is 29.8. The molecular weight excluding hydrogens is 675 g/mol. The van der Waals surface area contributed by atoms with Gasteiger partial charge >= 0.3 is 17.8 Å². The van der Waals surface area contributed by atoms with Crippen LogP contribution in [0.1, 0.15) is 25.0 Å². The third-order valence-corrected chi connectivity index (χ3v) is 12.4. The van der Waals surface area contributed by atoms with Crippen molar-refractivity contribution in [3.63, 3.8) is 0 Å². The monoisotopic (exact) mass is 699 g/mol. The Morgan fingerprint density at radius 2 is 1.32 bits per heavy atom. The van der Waals surface area contributed by atoms with Gasteiger partial charge in [-0.2, -0.15) is 26.3 Å². The van der Waals surface area contributed by atoms with Crippen LogP contribution in [0.25, 0.3) is 54.7 Å². The van der Waals surface area contributed by atoms with E-state index in [-0.39, 0.29) is 22.5 Å². The Morgan fingerprint density at radius 1 is 0.680 bits per heavy atom. The summed E-state index contributed by atoms with van der Waals surface area (Å²) in [6, 6.07) is 21.4. The van der Waals surface area contributed by atoms with Crippen molar-refractivity contribution < 1.29 is 46.0 Å². The maximum absolute atomic E-state index is 15.8. The zero-order chi connectivity index (χ0) is 34.6. The second-order valence-corrected chi connectivity index (χ2v) is 14.9. The average Bonchev–Trinajstić information content (AvgIpc) is 3.82. The van der Waals surface area contributed by atoms with Crippen LogP contribution in [-0.4, -0.2) is 33.1 Å². The van der Waals surface area contributed by atoms with Crippen LogP contribution in [-0.2, 0) is 0 Å². The van der Waals surface area contributed by atoms with Crippen LogP contribution in [0.2, 0.25) is 0 Å². The van der Waals surface area contributed by atoms with E-state index in [0.29, 0.717) is 10.5 Å². The molecule has 2 aliphatic carbocycles.